The number of amides is 1. The summed E-state index contributed by atoms with van der Waals surface area (Å²) in [5.41, 5.74) is 3.05. The van der Waals surface area contributed by atoms with Crippen molar-refractivity contribution in [2.24, 2.45) is 7.05 Å². The number of hydrogen-bond acceptors (Lipinski definition) is 5. The van der Waals surface area contributed by atoms with E-state index in [1.54, 1.807) is 17.1 Å². The second kappa shape index (κ2) is 7.33. The van der Waals surface area contributed by atoms with Crippen LogP contribution in [0.15, 0.2) is 61.2 Å². The number of para-hydroxylation sites is 1. The highest BCUT2D eigenvalue weighted by Gasteiger charge is 2.14. The second-order valence-electron chi connectivity index (χ2n) is 6.11. The number of rotatable bonds is 5. The van der Waals surface area contributed by atoms with Crippen molar-refractivity contribution >= 4 is 16.8 Å². The van der Waals surface area contributed by atoms with Gasteiger partial charge in [0.25, 0.3) is 5.91 Å². The molecule has 0 aliphatic carbocycles. The van der Waals surface area contributed by atoms with Crippen LogP contribution in [0.3, 0.4) is 0 Å². The molecule has 1 aromatic carbocycles. The Balaban J connectivity index is 1.63. The number of aromatic nitrogens is 5. The van der Waals surface area contributed by atoms with Crippen molar-refractivity contribution in [3.63, 3.8) is 0 Å². The quantitative estimate of drug-likeness (QED) is 0.592. The Hall–Kier alpha value is -3.61. The predicted octanol–water partition coefficient (Wildman–Crippen LogP) is 2.40. The van der Waals surface area contributed by atoms with Crippen molar-refractivity contribution in [1.82, 2.24) is 30.0 Å². The van der Waals surface area contributed by atoms with Gasteiger partial charge in [0.05, 0.1) is 16.8 Å². The normalized spacial score (nSPS) is 10.9. The van der Waals surface area contributed by atoms with Crippen LogP contribution in [0, 0.1) is 0 Å². The summed E-state index contributed by atoms with van der Waals surface area (Å²) in [5, 5.41) is 7.84. The van der Waals surface area contributed by atoms with E-state index in [0.717, 1.165) is 28.0 Å². The molecular formula is C20H18N6O. The standard InChI is InChI=1S/C20H18N6O/c1-26-19(23-13-24-26)8-11-22-20(27)16-12-18(14-6-9-21-10-7-14)25-17-5-3-2-4-15(16)17/h2-7,9-10,12-13H,8,11H2,1H3,(H,22,27). The first-order chi connectivity index (χ1) is 13.2. The number of nitrogens with one attached hydrogen (secondary N) is 1. The summed E-state index contributed by atoms with van der Waals surface area (Å²) in [5.74, 6) is 0.693. The molecule has 3 aromatic heterocycles. The Morgan fingerprint density at radius 3 is 2.74 bits per heavy atom. The van der Waals surface area contributed by atoms with Gasteiger partial charge < -0.3 is 5.32 Å². The molecule has 0 bridgehead atoms. The zero-order valence-corrected chi connectivity index (χ0v) is 14.8. The van der Waals surface area contributed by atoms with E-state index in [9.17, 15) is 4.79 Å². The van der Waals surface area contributed by atoms with Gasteiger partial charge in [0.2, 0.25) is 0 Å². The van der Waals surface area contributed by atoms with Gasteiger partial charge in [-0.15, -0.1) is 0 Å². The molecule has 0 saturated heterocycles. The molecule has 0 fully saturated rings. The average molecular weight is 358 g/mol. The number of aryl methyl sites for hydroxylation is 1. The maximum absolute atomic E-state index is 12.9. The van der Waals surface area contributed by atoms with Crippen molar-refractivity contribution in [3.8, 4) is 11.3 Å². The molecule has 4 rings (SSSR count). The summed E-state index contributed by atoms with van der Waals surface area (Å²) in [6.07, 6.45) is 5.55. The number of fused-ring (bicyclic) bond motifs is 1. The minimum Gasteiger partial charge on any atom is -0.352 e. The third kappa shape index (κ3) is 3.52. The zero-order chi connectivity index (χ0) is 18.6. The van der Waals surface area contributed by atoms with E-state index in [4.69, 9.17) is 4.98 Å². The Morgan fingerprint density at radius 2 is 1.96 bits per heavy atom. The first-order valence-electron chi connectivity index (χ1n) is 8.63. The van der Waals surface area contributed by atoms with Gasteiger partial charge in [-0.1, -0.05) is 18.2 Å². The van der Waals surface area contributed by atoms with Gasteiger partial charge in [-0.25, -0.2) is 9.97 Å². The zero-order valence-electron chi connectivity index (χ0n) is 14.8. The Labute approximate surface area is 156 Å². The molecular weight excluding hydrogens is 340 g/mol. The molecule has 1 N–H and O–H groups in total. The summed E-state index contributed by atoms with van der Waals surface area (Å²) in [4.78, 5) is 25.8. The minimum atomic E-state index is -0.133. The third-order valence-electron chi connectivity index (χ3n) is 4.38. The number of carbonyl (C=O) groups excluding carboxylic acids is 1. The lowest BCUT2D eigenvalue weighted by Crippen LogP contribution is -2.26. The van der Waals surface area contributed by atoms with Gasteiger partial charge in [-0.05, 0) is 24.3 Å². The first-order valence-corrected chi connectivity index (χ1v) is 8.63. The van der Waals surface area contributed by atoms with E-state index in [1.165, 1.54) is 6.33 Å². The second-order valence-corrected chi connectivity index (χ2v) is 6.11. The average Bonchev–Trinajstić information content (AvgIpc) is 3.12. The fourth-order valence-electron chi connectivity index (χ4n) is 2.96. The van der Waals surface area contributed by atoms with Gasteiger partial charge in [0.15, 0.2) is 0 Å². The largest absolute Gasteiger partial charge is 0.352 e. The van der Waals surface area contributed by atoms with Crippen molar-refractivity contribution in [3.05, 3.63) is 72.6 Å². The molecule has 7 nitrogen and oxygen atoms in total. The van der Waals surface area contributed by atoms with Gasteiger partial charge in [0.1, 0.15) is 12.2 Å². The van der Waals surface area contributed by atoms with Gasteiger partial charge in [0, 0.05) is 43.4 Å². The predicted molar refractivity (Wildman–Crippen MR) is 102 cm³/mol. The van der Waals surface area contributed by atoms with Crippen LogP contribution in [0.25, 0.3) is 22.2 Å². The molecule has 0 saturated carbocycles. The molecule has 7 heteroatoms. The van der Waals surface area contributed by atoms with E-state index in [1.807, 2.05) is 49.5 Å². The van der Waals surface area contributed by atoms with E-state index in [2.05, 4.69) is 20.4 Å². The Bertz CT molecular complexity index is 1090. The summed E-state index contributed by atoms with van der Waals surface area (Å²) < 4.78 is 1.70. The lowest BCUT2D eigenvalue weighted by Gasteiger charge is -2.10. The van der Waals surface area contributed by atoms with Crippen LogP contribution in [0.4, 0.5) is 0 Å². The van der Waals surface area contributed by atoms with Crippen molar-refractivity contribution in [2.45, 2.75) is 6.42 Å². The van der Waals surface area contributed by atoms with E-state index < -0.39 is 0 Å². The van der Waals surface area contributed by atoms with Gasteiger partial charge in [-0.2, -0.15) is 5.10 Å². The van der Waals surface area contributed by atoms with Crippen LogP contribution in [0.2, 0.25) is 0 Å². The number of hydrogen-bond donors (Lipinski definition) is 1. The fourth-order valence-corrected chi connectivity index (χ4v) is 2.96. The third-order valence-corrected chi connectivity index (χ3v) is 4.38. The van der Waals surface area contributed by atoms with Crippen molar-refractivity contribution in [1.29, 1.82) is 0 Å². The summed E-state index contributed by atoms with van der Waals surface area (Å²) in [6.45, 7) is 0.479. The van der Waals surface area contributed by atoms with Crippen LogP contribution >= 0.6 is 0 Å². The number of pyridine rings is 2. The molecule has 0 spiro atoms. The number of benzene rings is 1. The highest BCUT2D eigenvalue weighted by Crippen LogP contribution is 2.24. The molecule has 4 aromatic rings. The fraction of sp³-hybridized carbons (Fsp3) is 0.150. The monoisotopic (exact) mass is 358 g/mol. The highest BCUT2D eigenvalue weighted by atomic mass is 16.1. The Morgan fingerprint density at radius 1 is 1.15 bits per heavy atom. The van der Waals surface area contributed by atoms with E-state index in [0.29, 0.717) is 18.5 Å². The van der Waals surface area contributed by atoms with Gasteiger partial charge >= 0.3 is 0 Å². The lowest BCUT2D eigenvalue weighted by atomic mass is 10.0. The summed E-state index contributed by atoms with van der Waals surface area (Å²) in [7, 11) is 1.83. The Kier molecular flexibility index (Phi) is 4.57. The van der Waals surface area contributed by atoms with Crippen LogP contribution < -0.4 is 5.32 Å². The topological polar surface area (TPSA) is 85.6 Å². The SMILES string of the molecule is Cn1ncnc1CCNC(=O)c1cc(-c2ccncc2)nc2ccccc12. The first kappa shape index (κ1) is 16.8. The summed E-state index contributed by atoms with van der Waals surface area (Å²) >= 11 is 0. The van der Waals surface area contributed by atoms with Crippen LogP contribution in [0.1, 0.15) is 16.2 Å². The van der Waals surface area contributed by atoms with Crippen LogP contribution in [-0.4, -0.2) is 37.2 Å². The van der Waals surface area contributed by atoms with Crippen LogP contribution in [0.5, 0.6) is 0 Å². The molecule has 134 valence electrons. The maximum atomic E-state index is 12.9. The van der Waals surface area contributed by atoms with E-state index in [-0.39, 0.29) is 5.91 Å². The van der Waals surface area contributed by atoms with Crippen molar-refractivity contribution in [2.75, 3.05) is 6.54 Å². The lowest BCUT2D eigenvalue weighted by molar-refractivity contribution is 0.0955. The maximum Gasteiger partial charge on any atom is 0.252 e. The molecule has 27 heavy (non-hydrogen) atoms. The number of carbonyl (C=O) groups is 1. The smallest absolute Gasteiger partial charge is 0.252 e. The minimum absolute atomic E-state index is 0.133. The van der Waals surface area contributed by atoms with E-state index >= 15 is 0 Å². The van der Waals surface area contributed by atoms with Gasteiger partial charge in [-0.3, -0.25) is 14.5 Å². The molecule has 0 aliphatic rings. The highest BCUT2D eigenvalue weighted by molar-refractivity contribution is 6.07. The molecule has 0 unspecified atom stereocenters. The summed E-state index contributed by atoms with van der Waals surface area (Å²) in [6, 6.07) is 13.2. The number of nitrogens with zero attached hydrogens (tertiary/aromatic N) is 5. The molecule has 0 radical (unpaired) electrons. The molecule has 0 atom stereocenters. The van der Waals surface area contributed by atoms with Crippen LogP contribution in [-0.2, 0) is 13.5 Å². The molecule has 0 aliphatic heterocycles. The molecule has 3 heterocycles. The van der Waals surface area contributed by atoms with Crippen molar-refractivity contribution < 1.29 is 4.79 Å². The molecule has 1 amide bonds.